The highest BCUT2D eigenvalue weighted by Gasteiger charge is 2.26. The van der Waals surface area contributed by atoms with Gasteiger partial charge in [-0.1, -0.05) is 42.0 Å². The number of aromatic nitrogens is 3. The maximum Gasteiger partial charge on any atom is 0.272 e. The number of hydrogen-bond acceptors (Lipinski definition) is 3. The molecule has 0 saturated carbocycles. The Morgan fingerprint density at radius 3 is 2.82 bits per heavy atom. The molecular weight excluding hydrogens is 414 g/mol. The fourth-order valence-corrected chi connectivity index (χ4v) is 4.40. The van der Waals surface area contributed by atoms with Crippen LogP contribution in [0.1, 0.15) is 44.1 Å². The summed E-state index contributed by atoms with van der Waals surface area (Å²) in [5.41, 5.74) is 5.32. The van der Waals surface area contributed by atoms with Crippen LogP contribution in [0.15, 0.2) is 60.8 Å². The standard InChI is InChI=1S/C26H27N5O2/c1-18-8-9-22-21(14-18)20(16-28-22)10-11-27-25(32)23-15-24-26(33)30(12-5-13-31(24)29-23)17-19-6-3-2-4-7-19/h2-4,6-9,14-16,28H,5,10-13,17H2,1H3,(H,27,32). The Bertz CT molecular complexity index is 1300. The largest absolute Gasteiger partial charge is 0.361 e. The van der Waals surface area contributed by atoms with Crippen molar-refractivity contribution in [3.05, 3.63) is 88.9 Å². The highest BCUT2D eigenvalue weighted by molar-refractivity contribution is 5.98. The Hall–Kier alpha value is -3.87. The molecule has 0 fully saturated rings. The maximum absolute atomic E-state index is 13.1. The molecule has 0 radical (unpaired) electrons. The monoisotopic (exact) mass is 441 g/mol. The average Bonchev–Trinajstić information content (AvgIpc) is 3.39. The lowest BCUT2D eigenvalue weighted by molar-refractivity contribution is 0.0745. The lowest BCUT2D eigenvalue weighted by Crippen LogP contribution is -2.30. The molecule has 2 aromatic carbocycles. The molecule has 1 aliphatic rings. The van der Waals surface area contributed by atoms with Crippen LogP contribution in [0.2, 0.25) is 0 Å². The minimum Gasteiger partial charge on any atom is -0.361 e. The van der Waals surface area contributed by atoms with E-state index in [9.17, 15) is 9.59 Å². The van der Waals surface area contributed by atoms with Crippen molar-refractivity contribution in [3.63, 3.8) is 0 Å². The number of H-pyrrole nitrogens is 1. The molecule has 0 bridgehead atoms. The maximum atomic E-state index is 13.1. The van der Waals surface area contributed by atoms with Crippen LogP contribution < -0.4 is 5.32 Å². The first-order valence-electron chi connectivity index (χ1n) is 11.3. The van der Waals surface area contributed by atoms with E-state index in [1.54, 1.807) is 10.7 Å². The first-order valence-corrected chi connectivity index (χ1v) is 11.3. The van der Waals surface area contributed by atoms with Gasteiger partial charge < -0.3 is 15.2 Å². The number of aromatic amines is 1. The molecule has 0 aliphatic carbocycles. The quantitative estimate of drug-likeness (QED) is 0.479. The van der Waals surface area contributed by atoms with Crippen molar-refractivity contribution in [2.75, 3.05) is 13.1 Å². The molecule has 7 heteroatoms. The molecule has 4 aromatic rings. The number of benzene rings is 2. The topological polar surface area (TPSA) is 83.0 Å². The van der Waals surface area contributed by atoms with Gasteiger partial charge in [0, 0.05) is 49.3 Å². The van der Waals surface area contributed by atoms with Crippen molar-refractivity contribution in [2.45, 2.75) is 32.9 Å². The van der Waals surface area contributed by atoms with Gasteiger partial charge in [-0.15, -0.1) is 0 Å². The molecule has 2 N–H and O–H groups in total. The lowest BCUT2D eigenvalue weighted by atomic mass is 10.1. The van der Waals surface area contributed by atoms with Gasteiger partial charge in [-0.3, -0.25) is 14.3 Å². The Morgan fingerprint density at radius 1 is 1.12 bits per heavy atom. The van der Waals surface area contributed by atoms with Gasteiger partial charge in [-0.2, -0.15) is 5.10 Å². The number of aryl methyl sites for hydroxylation is 2. The van der Waals surface area contributed by atoms with Crippen molar-refractivity contribution >= 4 is 22.7 Å². The molecule has 33 heavy (non-hydrogen) atoms. The van der Waals surface area contributed by atoms with Crippen LogP contribution >= 0.6 is 0 Å². The molecular formula is C26H27N5O2. The smallest absolute Gasteiger partial charge is 0.272 e. The third-order valence-corrected chi connectivity index (χ3v) is 6.14. The highest BCUT2D eigenvalue weighted by atomic mass is 16.2. The van der Waals surface area contributed by atoms with Crippen LogP contribution in [0.5, 0.6) is 0 Å². The summed E-state index contributed by atoms with van der Waals surface area (Å²) in [5, 5.41) is 8.57. The van der Waals surface area contributed by atoms with Gasteiger partial charge in [-0.05, 0) is 43.0 Å². The number of nitrogens with one attached hydrogen (secondary N) is 2. The second-order valence-corrected chi connectivity index (χ2v) is 8.57. The van der Waals surface area contributed by atoms with Gasteiger partial charge in [0.05, 0.1) is 0 Å². The summed E-state index contributed by atoms with van der Waals surface area (Å²) in [7, 11) is 0. The van der Waals surface area contributed by atoms with E-state index in [2.05, 4.69) is 40.5 Å². The van der Waals surface area contributed by atoms with Gasteiger partial charge >= 0.3 is 0 Å². The zero-order chi connectivity index (χ0) is 22.8. The van der Waals surface area contributed by atoms with Crippen molar-refractivity contribution in [2.24, 2.45) is 0 Å². The summed E-state index contributed by atoms with van der Waals surface area (Å²) in [4.78, 5) is 31.0. The lowest BCUT2D eigenvalue weighted by Gasteiger charge is -2.20. The van der Waals surface area contributed by atoms with Crippen LogP contribution in [0.25, 0.3) is 10.9 Å². The van der Waals surface area contributed by atoms with E-state index >= 15 is 0 Å². The summed E-state index contributed by atoms with van der Waals surface area (Å²) in [5.74, 6) is -0.342. The number of nitrogens with zero attached hydrogens (tertiary/aromatic N) is 3. The minimum absolute atomic E-state index is 0.0861. The second kappa shape index (κ2) is 8.94. The van der Waals surface area contributed by atoms with E-state index in [0.29, 0.717) is 38.3 Å². The van der Waals surface area contributed by atoms with Crippen LogP contribution in [0.3, 0.4) is 0 Å². The Kier molecular flexibility index (Phi) is 5.69. The first kappa shape index (κ1) is 21.0. The third kappa shape index (κ3) is 4.39. The fraction of sp³-hybridized carbons (Fsp3) is 0.269. The molecule has 5 rings (SSSR count). The number of hydrogen-bond donors (Lipinski definition) is 2. The number of carbonyl (C=O) groups is 2. The molecule has 2 amide bonds. The predicted molar refractivity (Wildman–Crippen MR) is 127 cm³/mol. The summed E-state index contributed by atoms with van der Waals surface area (Å²) < 4.78 is 1.67. The van der Waals surface area contributed by atoms with E-state index < -0.39 is 0 Å². The third-order valence-electron chi connectivity index (χ3n) is 6.14. The summed E-state index contributed by atoms with van der Waals surface area (Å²) in [6.07, 6.45) is 3.51. The SMILES string of the molecule is Cc1ccc2[nH]cc(CCNC(=O)c3cc4n(n3)CCCN(Cc3ccccc3)C4=O)c2c1. The number of carbonyl (C=O) groups excluding carboxylic acids is 2. The molecule has 7 nitrogen and oxygen atoms in total. The predicted octanol–water partition coefficient (Wildman–Crippen LogP) is 3.69. The van der Waals surface area contributed by atoms with Crippen molar-refractivity contribution in [1.29, 1.82) is 0 Å². The van der Waals surface area contributed by atoms with Crippen LogP contribution in [0.4, 0.5) is 0 Å². The number of rotatable bonds is 6. The van der Waals surface area contributed by atoms with E-state index in [1.165, 1.54) is 16.5 Å². The van der Waals surface area contributed by atoms with E-state index in [1.807, 2.05) is 41.4 Å². The van der Waals surface area contributed by atoms with Crippen molar-refractivity contribution in [1.82, 2.24) is 25.0 Å². The fourth-order valence-electron chi connectivity index (χ4n) is 4.40. The van der Waals surface area contributed by atoms with Crippen LogP contribution in [-0.4, -0.2) is 44.6 Å². The average molecular weight is 442 g/mol. The highest BCUT2D eigenvalue weighted by Crippen LogP contribution is 2.20. The molecule has 168 valence electrons. The summed E-state index contributed by atoms with van der Waals surface area (Å²) in [6, 6.07) is 17.9. The van der Waals surface area contributed by atoms with Gasteiger partial charge in [0.1, 0.15) is 5.69 Å². The summed E-state index contributed by atoms with van der Waals surface area (Å²) in [6.45, 7) is 4.41. The van der Waals surface area contributed by atoms with Crippen molar-refractivity contribution in [3.8, 4) is 0 Å². The van der Waals surface area contributed by atoms with E-state index in [4.69, 9.17) is 0 Å². The molecule has 0 spiro atoms. The zero-order valence-electron chi connectivity index (χ0n) is 18.7. The normalized spacial score (nSPS) is 13.7. The first-order chi connectivity index (χ1) is 16.1. The van der Waals surface area contributed by atoms with Gasteiger partial charge in [-0.25, -0.2) is 0 Å². The Balaban J connectivity index is 1.25. The molecule has 2 aromatic heterocycles. The minimum atomic E-state index is -0.256. The Labute approximate surface area is 192 Å². The molecule has 1 aliphatic heterocycles. The van der Waals surface area contributed by atoms with Gasteiger partial charge in [0.25, 0.3) is 11.8 Å². The molecule has 0 saturated heterocycles. The Morgan fingerprint density at radius 2 is 1.97 bits per heavy atom. The second-order valence-electron chi connectivity index (χ2n) is 8.57. The van der Waals surface area contributed by atoms with Gasteiger partial charge in [0.15, 0.2) is 5.69 Å². The molecule has 0 atom stereocenters. The molecule has 3 heterocycles. The molecule has 0 unspecified atom stereocenters. The van der Waals surface area contributed by atoms with Crippen LogP contribution in [0, 0.1) is 6.92 Å². The number of amides is 2. The zero-order valence-corrected chi connectivity index (χ0v) is 18.7. The van der Waals surface area contributed by atoms with Gasteiger partial charge in [0.2, 0.25) is 0 Å². The number of fused-ring (bicyclic) bond motifs is 2. The van der Waals surface area contributed by atoms with Crippen LogP contribution in [-0.2, 0) is 19.5 Å². The van der Waals surface area contributed by atoms with E-state index in [0.717, 1.165) is 17.5 Å². The van der Waals surface area contributed by atoms with E-state index in [-0.39, 0.29) is 17.5 Å². The summed E-state index contributed by atoms with van der Waals surface area (Å²) >= 11 is 0. The van der Waals surface area contributed by atoms with Crippen molar-refractivity contribution < 1.29 is 9.59 Å².